The molecule has 94 valence electrons. The molecule has 1 aromatic rings. The third-order valence-corrected chi connectivity index (χ3v) is 5.11. The van der Waals surface area contributed by atoms with Crippen LogP contribution < -0.4 is 5.32 Å². The molecule has 1 saturated heterocycles. The molecule has 17 heavy (non-hydrogen) atoms. The van der Waals surface area contributed by atoms with Crippen LogP contribution in [0.2, 0.25) is 0 Å². The summed E-state index contributed by atoms with van der Waals surface area (Å²) in [5, 5.41) is 7.03. The van der Waals surface area contributed by atoms with Gasteiger partial charge in [0.15, 0.2) is 0 Å². The smallest absolute Gasteiger partial charge is 0.0965 e. The molecule has 1 saturated carbocycles. The highest BCUT2D eigenvalue weighted by Gasteiger charge is 2.48. The van der Waals surface area contributed by atoms with Crippen molar-refractivity contribution < 1.29 is 4.74 Å². The van der Waals surface area contributed by atoms with E-state index >= 15 is 0 Å². The van der Waals surface area contributed by atoms with Crippen molar-refractivity contribution in [1.82, 2.24) is 10.3 Å². The van der Waals surface area contributed by atoms with Crippen LogP contribution in [0.15, 0.2) is 5.38 Å². The molecule has 3 atom stereocenters. The van der Waals surface area contributed by atoms with Gasteiger partial charge in [0.25, 0.3) is 0 Å². The average molecular weight is 252 g/mol. The monoisotopic (exact) mass is 252 g/mol. The van der Waals surface area contributed by atoms with E-state index in [-0.39, 0.29) is 0 Å². The van der Waals surface area contributed by atoms with Crippen LogP contribution in [0, 0.1) is 5.41 Å². The first-order valence-corrected chi connectivity index (χ1v) is 7.19. The summed E-state index contributed by atoms with van der Waals surface area (Å²) in [7, 11) is 1.79. The lowest BCUT2D eigenvalue weighted by Gasteiger charge is -2.06. The summed E-state index contributed by atoms with van der Waals surface area (Å²) < 4.78 is 5.38. The van der Waals surface area contributed by atoms with Crippen LogP contribution in [0.25, 0.3) is 0 Å². The molecule has 2 fully saturated rings. The van der Waals surface area contributed by atoms with Gasteiger partial charge in [-0.2, -0.15) is 0 Å². The fourth-order valence-corrected chi connectivity index (χ4v) is 3.80. The lowest BCUT2D eigenvalue weighted by atomic mass is 10.1. The number of nitrogens with one attached hydrogen (secondary N) is 1. The van der Waals surface area contributed by atoms with Gasteiger partial charge in [0.05, 0.1) is 22.8 Å². The molecule has 3 nitrogen and oxygen atoms in total. The van der Waals surface area contributed by atoms with Gasteiger partial charge in [-0.25, -0.2) is 4.98 Å². The second-order valence-corrected chi connectivity index (χ2v) is 6.80. The molecule has 1 aliphatic carbocycles. The maximum atomic E-state index is 5.38. The first kappa shape index (κ1) is 11.6. The van der Waals surface area contributed by atoms with E-state index in [1.165, 1.54) is 17.1 Å². The van der Waals surface area contributed by atoms with Crippen molar-refractivity contribution in [2.24, 2.45) is 5.41 Å². The minimum Gasteiger partial charge on any atom is -0.380 e. The molecule has 4 heteroatoms. The average Bonchev–Trinajstić information content (AvgIpc) is 2.81. The minimum atomic E-state index is 0.350. The van der Waals surface area contributed by atoms with E-state index in [4.69, 9.17) is 9.72 Å². The van der Waals surface area contributed by atoms with Crippen molar-refractivity contribution in [3.05, 3.63) is 16.1 Å². The summed E-state index contributed by atoms with van der Waals surface area (Å²) in [5.41, 5.74) is 1.69. The van der Waals surface area contributed by atoms with Crippen molar-refractivity contribution in [2.75, 3.05) is 13.7 Å². The van der Waals surface area contributed by atoms with E-state index in [1.54, 1.807) is 7.11 Å². The van der Waals surface area contributed by atoms with E-state index in [1.807, 2.05) is 11.3 Å². The number of methoxy groups -OCH3 is 1. The molecule has 0 amide bonds. The fourth-order valence-electron chi connectivity index (χ4n) is 2.62. The van der Waals surface area contributed by atoms with Gasteiger partial charge >= 0.3 is 0 Å². The van der Waals surface area contributed by atoms with Gasteiger partial charge in [-0.1, -0.05) is 13.8 Å². The summed E-state index contributed by atoms with van der Waals surface area (Å²) in [4.78, 5) is 4.82. The van der Waals surface area contributed by atoms with Gasteiger partial charge in [0.2, 0.25) is 0 Å². The van der Waals surface area contributed by atoms with Crippen LogP contribution in [-0.2, 0) is 4.74 Å². The Morgan fingerprint density at radius 2 is 2.29 bits per heavy atom. The maximum absolute atomic E-state index is 5.38. The predicted octanol–water partition coefficient (Wildman–Crippen LogP) is 2.71. The van der Waals surface area contributed by atoms with E-state index in [2.05, 4.69) is 24.5 Å². The summed E-state index contributed by atoms with van der Waals surface area (Å²) in [6, 6.07) is 0.395. The number of thiazole rings is 1. The third-order valence-electron chi connectivity index (χ3n) is 4.13. The van der Waals surface area contributed by atoms with Crippen LogP contribution in [0.5, 0.6) is 0 Å². The predicted molar refractivity (Wildman–Crippen MR) is 69.4 cm³/mol. The molecule has 1 aliphatic heterocycles. The molecule has 2 heterocycles. The number of hydrogen-bond acceptors (Lipinski definition) is 4. The summed E-state index contributed by atoms with van der Waals surface area (Å²) in [5.74, 6) is 0.695. The standard InChI is InChI=1S/C13H20N2OS/c1-13(2)5-9(13)12-15-11(7-17-12)10-4-8(16-3)6-14-10/h7-10,14H,4-6H2,1-3H3. The van der Waals surface area contributed by atoms with Crippen molar-refractivity contribution in [3.8, 4) is 0 Å². The highest BCUT2D eigenvalue weighted by Crippen LogP contribution is 2.59. The van der Waals surface area contributed by atoms with Crippen molar-refractivity contribution in [2.45, 2.75) is 44.8 Å². The normalized spacial score (nSPS) is 35.1. The zero-order chi connectivity index (χ0) is 12.0. The largest absolute Gasteiger partial charge is 0.380 e. The Labute approximate surface area is 107 Å². The highest BCUT2D eigenvalue weighted by atomic mass is 32.1. The first-order valence-electron chi connectivity index (χ1n) is 6.31. The molecule has 3 unspecified atom stereocenters. The third kappa shape index (κ3) is 2.14. The molecule has 3 rings (SSSR count). The van der Waals surface area contributed by atoms with Crippen LogP contribution in [0.1, 0.15) is 49.4 Å². The van der Waals surface area contributed by atoms with Gasteiger partial charge in [-0.15, -0.1) is 11.3 Å². The molecule has 0 radical (unpaired) electrons. The molecular formula is C13H20N2OS. The zero-order valence-electron chi connectivity index (χ0n) is 10.7. The second kappa shape index (κ2) is 4.04. The van der Waals surface area contributed by atoms with Crippen LogP contribution in [-0.4, -0.2) is 24.7 Å². The topological polar surface area (TPSA) is 34.1 Å². The zero-order valence-corrected chi connectivity index (χ0v) is 11.5. The Morgan fingerprint density at radius 3 is 2.88 bits per heavy atom. The van der Waals surface area contributed by atoms with Crippen molar-refractivity contribution in [1.29, 1.82) is 0 Å². The Bertz CT molecular complexity index is 415. The lowest BCUT2D eigenvalue weighted by molar-refractivity contribution is 0.117. The first-order chi connectivity index (χ1) is 8.10. The summed E-state index contributed by atoms with van der Waals surface area (Å²) >= 11 is 1.83. The van der Waals surface area contributed by atoms with Gasteiger partial charge in [0.1, 0.15) is 0 Å². The number of rotatable bonds is 3. The van der Waals surface area contributed by atoms with Gasteiger partial charge < -0.3 is 10.1 Å². The molecule has 2 aliphatic rings. The number of ether oxygens (including phenoxy) is 1. The lowest BCUT2D eigenvalue weighted by Crippen LogP contribution is -2.16. The highest BCUT2D eigenvalue weighted by molar-refractivity contribution is 7.09. The molecule has 1 aromatic heterocycles. The molecule has 0 bridgehead atoms. The van der Waals surface area contributed by atoms with E-state index in [0.29, 0.717) is 23.5 Å². The van der Waals surface area contributed by atoms with Crippen LogP contribution >= 0.6 is 11.3 Å². The molecule has 0 spiro atoms. The molecule has 0 aromatic carbocycles. The van der Waals surface area contributed by atoms with Crippen molar-refractivity contribution >= 4 is 11.3 Å². The van der Waals surface area contributed by atoms with E-state index in [0.717, 1.165) is 13.0 Å². The Morgan fingerprint density at radius 1 is 1.53 bits per heavy atom. The SMILES string of the molecule is COC1CNC(c2csc(C3CC3(C)C)n2)C1. The van der Waals surface area contributed by atoms with Gasteiger partial charge in [-0.05, 0) is 18.3 Å². The second-order valence-electron chi connectivity index (χ2n) is 5.91. The minimum absolute atomic E-state index is 0.350. The molecule has 1 N–H and O–H groups in total. The summed E-state index contributed by atoms with van der Waals surface area (Å²) in [6.07, 6.45) is 2.69. The summed E-state index contributed by atoms with van der Waals surface area (Å²) in [6.45, 7) is 5.60. The van der Waals surface area contributed by atoms with Crippen molar-refractivity contribution in [3.63, 3.8) is 0 Å². The maximum Gasteiger partial charge on any atom is 0.0965 e. The van der Waals surface area contributed by atoms with Gasteiger partial charge in [0, 0.05) is 25.0 Å². The Balaban J connectivity index is 1.69. The van der Waals surface area contributed by atoms with E-state index in [9.17, 15) is 0 Å². The quantitative estimate of drug-likeness (QED) is 0.898. The number of nitrogens with zero attached hydrogens (tertiary/aromatic N) is 1. The van der Waals surface area contributed by atoms with Crippen LogP contribution in [0.3, 0.4) is 0 Å². The Hall–Kier alpha value is -0.450. The number of hydrogen-bond donors (Lipinski definition) is 1. The van der Waals surface area contributed by atoms with Crippen LogP contribution in [0.4, 0.5) is 0 Å². The van der Waals surface area contributed by atoms with E-state index < -0.39 is 0 Å². The number of aromatic nitrogens is 1. The Kier molecular flexibility index (Phi) is 2.76. The molecular weight excluding hydrogens is 232 g/mol. The fraction of sp³-hybridized carbons (Fsp3) is 0.769. The van der Waals surface area contributed by atoms with Gasteiger partial charge in [-0.3, -0.25) is 0 Å².